The maximum Gasteiger partial charge on any atom is 0.315 e. The number of hydrogen-bond donors (Lipinski definition) is 8. The molecule has 3 saturated heterocycles. The molecule has 3 rings (SSSR count). The number of urea groups is 1. The fraction of sp³-hybridized carbons (Fsp3) is 0.833. The predicted octanol–water partition coefficient (Wildman–Crippen LogP) is -2.28. The molecular weight excluding hydrogens is 434 g/mol. The summed E-state index contributed by atoms with van der Waals surface area (Å²) >= 11 is 1.87. The summed E-state index contributed by atoms with van der Waals surface area (Å²) in [5, 5.41) is 54.2. The molecule has 0 saturated carbocycles. The number of ether oxygens (including phenoxy) is 1. The molecule has 178 valence electrons. The van der Waals surface area contributed by atoms with Crippen LogP contribution in [0.3, 0.4) is 0 Å². The van der Waals surface area contributed by atoms with Crippen LogP contribution in [-0.2, 0) is 14.3 Å². The number of aliphatic carboxylic acids is 1. The second-order valence-corrected chi connectivity index (χ2v) is 8.99. The van der Waals surface area contributed by atoms with E-state index in [0.29, 0.717) is 5.25 Å². The van der Waals surface area contributed by atoms with Gasteiger partial charge in [0, 0.05) is 24.3 Å². The number of carboxylic acids is 1. The predicted molar refractivity (Wildman–Crippen MR) is 109 cm³/mol. The molecule has 3 heterocycles. The summed E-state index contributed by atoms with van der Waals surface area (Å²) < 4.78 is 4.81. The molecule has 0 aromatic carbocycles. The Morgan fingerprint density at radius 3 is 2.52 bits per heavy atom. The molecule has 0 bridgehead atoms. The van der Waals surface area contributed by atoms with Gasteiger partial charge >= 0.3 is 12.0 Å². The molecule has 8 atom stereocenters. The second-order valence-electron chi connectivity index (χ2n) is 7.72. The van der Waals surface area contributed by atoms with Gasteiger partial charge in [0.05, 0.1) is 18.7 Å². The average molecular weight is 466 g/mol. The molecule has 3 aliphatic rings. The number of aliphatic hydroxyl groups excluding tert-OH is 4. The van der Waals surface area contributed by atoms with Crippen LogP contribution in [0.25, 0.3) is 0 Å². The van der Waals surface area contributed by atoms with Crippen LogP contribution >= 0.6 is 11.8 Å². The first kappa shape index (κ1) is 25.6. The zero-order valence-electron chi connectivity index (χ0n) is 17.1. The normalized spacial score (nSPS) is 36.5. The first-order valence-electron chi connectivity index (χ1n) is 10.1. The quantitative estimate of drug-likeness (QED) is 0.150. The Morgan fingerprint density at radius 2 is 1.90 bits per heavy atom. The highest BCUT2D eigenvalue weighted by Crippen LogP contribution is 2.33. The van der Waals surface area contributed by atoms with Crippen LogP contribution in [0.1, 0.15) is 32.6 Å². The number of aliphatic hydroxyl groups is 4. The van der Waals surface area contributed by atoms with Gasteiger partial charge in [-0.2, -0.15) is 11.8 Å². The second kappa shape index (κ2) is 11.8. The van der Waals surface area contributed by atoms with Crippen LogP contribution in [-0.4, -0.2) is 104 Å². The summed E-state index contributed by atoms with van der Waals surface area (Å²) in [4.78, 5) is 32.2. The van der Waals surface area contributed by atoms with E-state index in [0.717, 1.165) is 25.0 Å². The van der Waals surface area contributed by atoms with Crippen LogP contribution in [0.2, 0.25) is 0 Å². The Bertz CT molecular complexity index is 640. The van der Waals surface area contributed by atoms with Crippen LogP contribution in [0.4, 0.5) is 4.79 Å². The van der Waals surface area contributed by atoms with Crippen molar-refractivity contribution in [2.45, 2.75) is 80.6 Å². The van der Waals surface area contributed by atoms with E-state index in [1.165, 1.54) is 6.92 Å². The van der Waals surface area contributed by atoms with Crippen LogP contribution in [0, 0.1) is 0 Å². The van der Waals surface area contributed by atoms with E-state index in [1.807, 2.05) is 11.8 Å². The van der Waals surface area contributed by atoms with Crippen molar-refractivity contribution in [1.82, 2.24) is 16.0 Å². The van der Waals surface area contributed by atoms with Crippen molar-refractivity contribution in [2.75, 3.05) is 12.4 Å². The van der Waals surface area contributed by atoms with Gasteiger partial charge in [0.15, 0.2) is 6.29 Å². The van der Waals surface area contributed by atoms with Crippen molar-refractivity contribution in [3.05, 3.63) is 0 Å². The van der Waals surface area contributed by atoms with Crippen molar-refractivity contribution in [3.8, 4) is 0 Å². The van der Waals surface area contributed by atoms with Crippen molar-refractivity contribution in [2.24, 2.45) is 0 Å². The summed E-state index contributed by atoms with van der Waals surface area (Å²) in [6.07, 6.45) is -2.36. The third-order valence-corrected chi connectivity index (χ3v) is 6.85. The van der Waals surface area contributed by atoms with Gasteiger partial charge in [-0.1, -0.05) is 6.42 Å². The summed E-state index contributed by atoms with van der Waals surface area (Å²) in [7, 11) is 0. The van der Waals surface area contributed by atoms with E-state index < -0.39 is 49.1 Å². The summed E-state index contributed by atoms with van der Waals surface area (Å²) in [6, 6.07) is -0.657. The number of rotatable bonds is 7. The number of carbonyl (C=O) groups excluding carboxylic acids is 2. The smallest absolute Gasteiger partial charge is 0.315 e. The Hall–Kier alpha value is -1.64. The molecule has 8 N–H and O–H groups in total. The van der Waals surface area contributed by atoms with Gasteiger partial charge in [0.1, 0.15) is 24.4 Å². The minimum atomic E-state index is -1.45. The molecule has 0 aromatic heterocycles. The van der Waals surface area contributed by atoms with Gasteiger partial charge < -0.3 is 46.2 Å². The molecular formula is C18H31N3O9S. The van der Waals surface area contributed by atoms with Gasteiger partial charge in [0.25, 0.3) is 0 Å². The van der Waals surface area contributed by atoms with Crippen LogP contribution < -0.4 is 16.0 Å². The third kappa shape index (κ3) is 7.19. The largest absolute Gasteiger partial charge is 0.481 e. The Morgan fingerprint density at radius 1 is 1.19 bits per heavy atom. The standard InChI is InChI=1S/C10H16N2O3S.C8H15NO6/c13-8(14)4-2-1-3-7-9-6(5-16-7)11-10(15)12-9;1-3(11)9-5-7(13)6(12)4(2-10)15-8(5)14/h6-7,9H,1-5H2,(H,13,14)(H2,11,12,15);4-8,10,12-14H,2H2,1H3,(H,9,11)/t6-,7-,9-;4-,5-,6-,7-,8?/m01/s1. The molecule has 31 heavy (non-hydrogen) atoms. The average Bonchev–Trinajstić information content (AvgIpc) is 3.25. The minimum absolute atomic E-state index is 0.0640. The van der Waals surface area contributed by atoms with E-state index in [1.54, 1.807) is 0 Å². The van der Waals surface area contributed by atoms with Gasteiger partial charge in [-0.25, -0.2) is 4.79 Å². The van der Waals surface area contributed by atoms with Crippen molar-refractivity contribution < 1.29 is 44.7 Å². The Labute approximate surface area is 183 Å². The topological polar surface area (TPSA) is 198 Å². The number of fused-ring (bicyclic) bond motifs is 1. The molecule has 1 unspecified atom stereocenters. The lowest BCUT2D eigenvalue weighted by Crippen LogP contribution is -2.63. The zero-order valence-corrected chi connectivity index (χ0v) is 18.0. The minimum Gasteiger partial charge on any atom is -0.481 e. The maximum absolute atomic E-state index is 11.1. The lowest BCUT2D eigenvalue weighted by atomic mass is 9.97. The number of nitrogens with one attached hydrogen (secondary N) is 3. The molecule has 3 amide bonds. The molecule has 12 nitrogen and oxygen atoms in total. The molecule has 0 aromatic rings. The highest BCUT2D eigenvalue weighted by molar-refractivity contribution is 8.00. The molecule has 13 heteroatoms. The van der Waals surface area contributed by atoms with Gasteiger partial charge in [-0.3, -0.25) is 9.59 Å². The number of carboxylic acid groups (broad SMARTS) is 1. The molecule has 0 aliphatic carbocycles. The molecule has 3 fully saturated rings. The maximum atomic E-state index is 11.1. The number of amides is 3. The Kier molecular flexibility index (Phi) is 9.78. The lowest BCUT2D eigenvalue weighted by molar-refractivity contribution is -0.253. The first-order valence-corrected chi connectivity index (χ1v) is 11.2. The van der Waals surface area contributed by atoms with E-state index in [-0.39, 0.29) is 24.5 Å². The highest BCUT2D eigenvalue weighted by Gasteiger charge is 2.44. The van der Waals surface area contributed by atoms with Crippen molar-refractivity contribution in [3.63, 3.8) is 0 Å². The van der Waals surface area contributed by atoms with E-state index in [9.17, 15) is 29.7 Å². The number of carbonyl (C=O) groups is 3. The summed E-state index contributed by atoms with van der Waals surface area (Å²) in [6.45, 7) is 0.687. The molecule has 0 radical (unpaired) electrons. The van der Waals surface area contributed by atoms with Gasteiger partial charge in [-0.15, -0.1) is 0 Å². The number of thioether (sulfide) groups is 1. The van der Waals surface area contributed by atoms with Gasteiger partial charge in [0.2, 0.25) is 5.91 Å². The van der Waals surface area contributed by atoms with E-state index >= 15 is 0 Å². The number of hydrogen-bond acceptors (Lipinski definition) is 9. The molecule has 3 aliphatic heterocycles. The van der Waals surface area contributed by atoms with E-state index in [2.05, 4.69) is 16.0 Å². The van der Waals surface area contributed by atoms with Crippen molar-refractivity contribution in [1.29, 1.82) is 0 Å². The first-order chi connectivity index (χ1) is 14.6. The fourth-order valence-electron chi connectivity index (χ4n) is 3.75. The Balaban J connectivity index is 0.000000221. The number of unbranched alkanes of at least 4 members (excludes halogenated alkanes) is 1. The zero-order chi connectivity index (χ0) is 23.1. The fourth-order valence-corrected chi connectivity index (χ4v) is 5.30. The monoisotopic (exact) mass is 465 g/mol. The van der Waals surface area contributed by atoms with E-state index in [4.69, 9.17) is 14.9 Å². The van der Waals surface area contributed by atoms with Gasteiger partial charge in [-0.05, 0) is 12.8 Å². The summed E-state index contributed by atoms with van der Waals surface area (Å²) in [5.74, 6) is -0.225. The SMILES string of the molecule is CC(=O)N[C@H]1C(O)O[C@H](CO)[C@@H](O)[C@@H]1O.O=C(O)CCCC[C@@H]1SC[C@@H]2NC(=O)N[C@@H]21. The van der Waals surface area contributed by atoms with Crippen molar-refractivity contribution >= 4 is 29.7 Å². The molecule has 0 spiro atoms. The highest BCUT2D eigenvalue weighted by atomic mass is 32.2. The summed E-state index contributed by atoms with van der Waals surface area (Å²) in [5.41, 5.74) is 0. The lowest BCUT2D eigenvalue weighted by Gasteiger charge is -2.40. The van der Waals surface area contributed by atoms with Crippen LogP contribution in [0.5, 0.6) is 0 Å². The van der Waals surface area contributed by atoms with Crippen LogP contribution in [0.15, 0.2) is 0 Å². The third-order valence-electron chi connectivity index (χ3n) is 5.34.